The summed E-state index contributed by atoms with van der Waals surface area (Å²) in [5.74, 6) is -1.68. The lowest BCUT2D eigenvalue weighted by Crippen LogP contribution is -2.18. The van der Waals surface area contributed by atoms with E-state index in [1.165, 1.54) is 17.6 Å². The molecule has 0 amide bonds. The minimum atomic E-state index is -0.840. The van der Waals surface area contributed by atoms with Crippen LogP contribution in [0.2, 0.25) is 0 Å². The maximum absolute atomic E-state index is 13.3. The summed E-state index contributed by atoms with van der Waals surface area (Å²) in [5.41, 5.74) is 1.58. The van der Waals surface area contributed by atoms with Gasteiger partial charge in [-0.15, -0.1) is 5.10 Å². The molecule has 1 N–H and O–H groups in total. The first-order chi connectivity index (χ1) is 9.17. The number of nitrogens with one attached hydrogen (secondary N) is 1. The molecule has 6 heteroatoms. The van der Waals surface area contributed by atoms with Crippen LogP contribution in [0, 0.1) is 11.6 Å². The molecular weight excluding hydrogens is 268 g/mol. The van der Waals surface area contributed by atoms with Gasteiger partial charge in [0.15, 0.2) is 11.6 Å². The van der Waals surface area contributed by atoms with Gasteiger partial charge in [0.1, 0.15) is 0 Å². The second kappa shape index (κ2) is 6.16. The van der Waals surface area contributed by atoms with Crippen molar-refractivity contribution >= 4 is 11.5 Å². The molecule has 0 fully saturated rings. The summed E-state index contributed by atoms with van der Waals surface area (Å²) in [5, 5.41) is 7.21. The number of aryl methyl sites for hydroxylation is 1. The van der Waals surface area contributed by atoms with Crippen LogP contribution < -0.4 is 5.32 Å². The average molecular weight is 283 g/mol. The van der Waals surface area contributed by atoms with Crippen molar-refractivity contribution in [2.75, 3.05) is 7.05 Å². The van der Waals surface area contributed by atoms with E-state index in [1.807, 2.05) is 0 Å². The Morgan fingerprint density at radius 1 is 1.32 bits per heavy atom. The summed E-state index contributed by atoms with van der Waals surface area (Å²) < 4.78 is 30.3. The monoisotopic (exact) mass is 283 g/mol. The topological polar surface area (TPSA) is 37.8 Å². The van der Waals surface area contributed by atoms with Crippen molar-refractivity contribution in [3.05, 3.63) is 46.0 Å². The van der Waals surface area contributed by atoms with E-state index in [0.717, 1.165) is 29.5 Å². The van der Waals surface area contributed by atoms with Crippen LogP contribution >= 0.6 is 11.5 Å². The zero-order valence-corrected chi connectivity index (χ0v) is 11.6. The number of aromatic nitrogens is 2. The molecule has 1 aromatic carbocycles. The van der Waals surface area contributed by atoms with Crippen LogP contribution in [0.25, 0.3) is 0 Å². The number of benzene rings is 1. The van der Waals surface area contributed by atoms with Crippen molar-refractivity contribution in [3.63, 3.8) is 0 Å². The van der Waals surface area contributed by atoms with Crippen LogP contribution in [0.1, 0.15) is 35.5 Å². The maximum Gasteiger partial charge on any atom is 0.159 e. The molecule has 0 aliphatic carbocycles. The molecule has 3 nitrogen and oxygen atoms in total. The minimum Gasteiger partial charge on any atom is -0.309 e. The molecule has 1 atom stereocenters. The lowest BCUT2D eigenvalue weighted by atomic mass is 10.0. The first kappa shape index (κ1) is 14.0. The molecule has 2 aromatic rings. The van der Waals surface area contributed by atoms with E-state index in [-0.39, 0.29) is 6.04 Å². The third-order valence-electron chi connectivity index (χ3n) is 2.90. The van der Waals surface area contributed by atoms with E-state index >= 15 is 0 Å². The second-order valence-corrected chi connectivity index (χ2v) is 5.01. The van der Waals surface area contributed by atoms with Crippen molar-refractivity contribution in [3.8, 4) is 0 Å². The highest BCUT2D eigenvalue weighted by Gasteiger charge is 2.20. The van der Waals surface area contributed by atoms with Crippen LogP contribution in [0.15, 0.2) is 18.2 Å². The molecule has 0 bridgehead atoms. The highest BCUT2D eigenvalue weighted by Crippen LogP contribution is 2.28. The number of nitrogens with zero attached hydrogens (tertiary/aromatic N) is 2. The van der Waals surface area contributed by atoms with Crippen LogP contribution in [0.5, 0.6) is 0 Å². The molecular formula is C13H15F2N3S. The lowest BCUT2D eigenvalue weighted by Gasteiger charge is -2.16. The summed E-state index contributed by atoms with van der Waals surface area (Å²) in [7, 11) is 1.78. The van der Waals surface area contributed by atoms with Gasteiger partial charge >= 0.3 is 0 Å². The van der Waals surface area contributed by atoms with Crippen molar-refractivity contribution in [1.29, 1.82) is 0 Å². The van der Waals surface area contributed by atoms with Gasteiger partial charge in [-0.2, -0.15) is 0 Å². The van der Waals surface area contributed by atoms with Crippen LogP contribution in [0.4, 0.5) is 8.78 Å². The van der Waals surface area contributed by atoms with Gasteiger partial charge in [0.05, 0.1) is 16.6 Å². The molecule has 0 saturated heterocycles. The Morgan fingerprint density at radius 2 is 2.11 bits per heavy atom. The highest BCUT2D eigenvalue weighted by molar-refractivity contribution is 7.05. The Bertz CT molecular complexity index is 557. The number of hydrogen-bond acceptors (Lipinski definition) is 4. The Balaban J connectivity index is 2.38. The van der Waals surface area contributed by atoms with Gasteiger partial charge in [0, 0.05) is 0 Å². The summed E-state index contributed by atoms with van der Waals surface area (Å²) in [6.45, 7) is 2.06. The van der Waals surface area contributed by atoms with Gasteiger partial charge in [0.25, 0.3) is 0 Å². The third kappa shape index (κ3) is 2.96. The van der Waals surface area contributed by atoms with Crippen molar-refractivity contribution in [1.82, 2.24) is 14.9 Å². The summed E-state index contributed by atoms with van der Waals surface area (Å²) in [4.78, 5) is 0.954. The zero-order chi connectivity index (χ0) is 13.8. The van der Waals surface area contributed by atoms with Gasteiger partial charge in [-0.3, -0.25) is 0 Å². The molecule has 1 heterocycles. The van der Waals surface area contributed by atoms with Gasteiger partial charge in [0.2, 0.25) is 0 Å². The summed E-state index contributed by atoms with van der Waals surface area (Å²) in [6.07, 6.45) is 1.79. The first-order valence-corrected chi connectivity index (χ1v) is 6.88. The van der Waals surface area contributed by atoms with E-state index < -0.39 is 11.6 Å². The first-order valence-electron chi connectivity index (χ1n) is 6.10. The fourth-order valence-electron chi connectivity index (χ4n) is 1.99. The predicted octanol–water partition coefficient (Wildman–Crippen LogP) is 3.08. The summed E-state index contributed by atoms with van der Waals surface area (Å²) >= 11 is 1.29. The largest absolute Gasteiger partial charge is 0.309 e. The van der Waals surface area contributed by atoms with Gasteiger partial charge < -0.3 is 5.32 Å². The molecule has 1 aromatic heterocycles. The van der Waals surface area contributed by atoms with E-state index in [9.17, 15) is 8.78 Å². The Labute approximate surface area is 114 Å². The van der Waals surface area contributed by atoms with Crippen LogP contribution in [-0.2, 0) is 6.42 Å². The highest BCUT2D eigenvalue weighted by atomic mass is 32.1. The molecule has 0 saturated carbocycles. The molecule has 0 spiro atoms. The van der Waals surface area contributed by atoms with Gasteiger partial charge in [-0.1, -0.05) is 23.9 Å². The molecule has 0 aliphatic heterocycles. The van der Waals surface area contributed by atoms with Gasteiger partial charge in [-0.25, -0.2) is 8.78 Å². The van der Waals surface area contributed by atoms with Gasteiger partial charge in [-0.05, 0) is 42.7 Å². The van der Waals surface area contributed by atoms with Crippen molar-refractivity contribution in [2.24, 2.45) is 0 Å². The van der Waals surface area contributed by atoms with E-state index in [1.54, 1.807) is 13.1 Å². The van der Waals surface area contributed by atoms with Crippen molar-refractivity contribution < 1.29 is 8.78 Å². The molecule has 102 valence electrons. The number of halogens is 2. The van der Waals surface area contributed by atoms with E-state index in [4.69, 9.17) is 0 Å². The maximum atomic E-state index is 13.3. The van der Waals surface area contributed by atoms with E-state index in [2.05, 4.69) is 21.8 Å². The van der Waals surface area contributed by atoms with Crippen LogP contribution in [-0.4, -0.2) is 16.6 Å². The molecule has 0 radical (unpaired) electrons. The molecule has 0 aliphatic rings. The second-order valence-electron chi connectivity index (χ2n) is 4.23. The summed E-state index contributed by atoms with van der Waals surface area (Å²) in [6, 6.07) is 3.72. The minimum absolute atomic E-state index is 0.211. The zero-order valence-electron chi connectivity index (χ0n) is 10.8. The average Bonchev–Trinajstić information content (AvgIpc) is 2.83. The fourth-order valence-corrected chi connectivity index (χ4v) is 2.82. The standard InChI is InChI=1S/C13H15F2N3S/c1-3-4-11-13(19-18-17-11)12(16-2)8-5-6-9(14)10(15)7-8/h5-7,12,16H,3-4H2,1-2H3. The Kier molecular flexibility index (Phi) is 4.55. The van der Waals surface area contributed by atoms with Crippen LogP contribution in [0.3, 0.4) is 0 Å². The Hall–Kier alpha value is -1.40. The van der Waals surface area contributed by atoms with E-state index in [0.29, 0.717) is 5.56 Å². The van der Waals surface area contributed by atoms with Crippen molar-refractivity contribution in [2.45, 2.75) is 25.8 Å². The SMILES string of the molecule is CCCc1nnsc1C(NC)c1ccc(F)c(F)c1. The third-order valence-corrected chi connectivity index (χ3v) is 3.73. The molecule has 1 unspecified atom stereocenters. The number of rotatable bonds is 5. The molecule has 19 heavy (non-hydrogen) atoms. The number of hydrogen-bond donors (Lipinski definition) is 1. The molecule has 2 rings (SSSR count). The smallest absolute Gasteiger partial charge is 0.159 e. The predicted molar refractivity (Wildman–Crippen MR) is 71.2 cm³/mol. The fraction of sp³-hybridized carbons (Fsp3) is 0.385. The quantitative estimate of drug-likeness (QED) is 0.916. The lowest BCUT2D eigenvalue weighted by molar-refractivity contribution is 0.505. The Morgan fingerprint density at radius 3 is 2.74 bits per heavy atom. The normalized spacial score (nSPS) is 12.6.